The molecule has 0 bridgehead atoms. The average Bonchev–Trinajstić information content (AvgIpc) is 2.35. The highest BCUT2D eigenvalue weighted by Gasteiger charge is 2.01. The summed E-state index contributed by atoms with van der Waals surface area (Å²) in [6.45, 7) is 3.58. The van der Waals surface area contributed by atoms with Crippen LogP contribution < -0.4 is 0 Å². The molecule has 0 aliphatic rings. The second-order valence-electron chi connectivity index (χ2n) is 4.48. The van der Waals surface area contributed by atoms with E-state index in [4.69, 9.17) is 4.74 Å². The van der Waals surface area contributed by atoms with Crippen molar-refractivity contribution in [1.29, 1.82) is 0 Å². The lowest BCUT2D eigenvalue weighted by atomic mass is 10.1. The molecular weight excluding hydrogens is 212 g/mol. The first-order valence-corrected chi connectivity index (χ1v) is 6.62. The van der Waals surface area contributed by atoms with Crippen LogP contribution in [0, 0.1) is 0 Å². The molecule has 0 saturated carbocycles. The van der Waals surface area contributed by atoms with Crippen molar-refractivity contribution in [1.82, 2.24) is 0 Å². The summed E-state index contributed by atoms with van der Waals surface area (Å²) in [5.74, 6) is 0. The molecule has 0 radical (unpaired) electrons. The molecule has 1 aromatic carbocycles. The standard InChI is InChI=1S/C15H24O2/c1-2-8-15(16)11-6-7-12-17-13-14-9-4-3-5-10-14/h3-5,9-10,15-16H,2,6-8,11-13H2,1H3/t15-/m0/s1. The predicted molar refractivity (Wildman–Crippen MR) is 70.9 cm³/mol. The van der Waals surface area contributed by atoms with Crippen LogP contribution in [-0.2, 0) is 11.3 Å². The quantitative estimate of drug-likeness (QED) is 0.665. The van der Waals surface area contributed by atoms with Gasteiger partial charge in [0.1, 0.15) is 0 Å². The molecular formula is C15H24O2. The maximum Gasteiger partial charge on any atom is 0.0716 e. The van der Waals surface area contributed by atoms with Gasteiger partial charge in [0.05, 0.1) is 12.7 Å². The van der Waals surface area contributed by atoms with E-state index >= 15 is 0 Å². The lowest BCUT2D eigenvalue weighted by molar-refractivity contribution is 0.107. The molecule has 0 saturated heterocycles. The number of rotatable bonds is 9. The van der Waals surface area contributed by atoms with Gasteiger partial charge in [0.15, 0.2) is 0 Å². The summed E-state index contributed by atoms with van der Waals surface area (Å²) in [6, 6.07) is 10.2. The maximum absolute atomic E-state index is 9.54. The SMILES string of the molecule is CCC[C@H](O)CCCCOCc1ccccc1. The predicted octanol–water partition coefficient (Wildman–Crippen LogP) is 3.53. The summed E-state index contributed by atoms with van der Waals surface area (Å²) in [7, 11) is 0. The molecule has 1 aromatic rings. The van der Waals surface area contributed by atoms with Crippen LogP contribution in [0.15, 0.2) is 30.3 Å². The van der Waals surface area contributed by atoms with Gasteiger partial charge in [-0.1, -0.05) is 43.7 Å². The Kier molecular flexibility index (Phi) is 7.69. The minimum absolute atomic E-state index is 0.117. The van der Waals surface area contributed by atoms with Gasteiger partial charge in [-0.15, -0.1) is 0 Å². The molecule has 2 nitrogen and oxygen atoms in total. The van der Waals surface area contributed by atoms with Crippen LogP contribution in [0.4, 0.5) is 0 Å². The van der Waals surface area contributed by atoms with Gasteiger partial charge in [0.2, 0.25) is 0 Å². The van der Waals surface area contributed by atoms with Gasteiger partial charge < -0.3 is 9.84 Å². The Bertz CT molecular complexity index is 272. The van der Waals surface area contributed by atoms with E-state index in [1.54, 1.807) is 0 Å². The summed E-state index contributed by atoms with van der Waals surface area (Å²) in [5.41, 5.74) is 1.22. The molecule has 0 spiro atoms. The van der Waals surface area contributed by atoms with Crippen LogP contribution in [0.2, 0.25) is 0 Å². The second kappa shape index (κ2) is 9.20. The Hall–Kier alpha value is -0.860. The smallest absolute Gasteiger partial charge is 0.0716 e. The van der Waals surface area contributed by atoms with Gasteiger partial charge >= 0.3 is 0 Å². The molecule has 0 aliphatic carbocycles. The summed E-state index contributed by atoms with van der Waals surface area (Å²) in [4.78, 5) is 0. The van der Waals surface area contributed by atoms with Crippen LogP contribution >= 0.6 is 0 Å². The van der Waals surface area contributed by atoms with E-state index in [0.717, 1.165) is 38.7 Å². The summed E-state index contributed by atoms with van der Waals surface area (Å²) in [6.07, 6.45) is 4.86. The van der Waals surface area contributed by atoms with Crippen molar-refractivity contribution >= 4 is 0 Å². The van der Waals surface area contributed by atoms with Gasteiger partial charge in [-0.3, -0.25) is 0 Å². The number of unbranched alkanes of at least 4 members (excludes halogenated alkanes) is 1. The summed E-state index contributed by atoms with van der Waals surface area (Å²) >= 11 is 0. The Morgan fingerprint density at radius 2 is 1.88 bits per heavy atom. The molecule has 1 N–H and O–H groups in total. The monoisotopic (exact) mass is 236 g/mol. The van der Waals surface area contributed by atoms with E-state index in [0.29, 0.717) is 6.61 Å². The Balaban J connectivity index is 1.95. The van der Waals surface area contributed by atoms with Gasteiger partial charge in [0, 0.05) is 6.61 Å². The zero-order valence-corrected chi connectivity index (χ0v) is 10.8. The van der Waals surface area contributed by atoms with E-state index in [1.807, 2.05) is 18.2 Å². The van der Waals surface area contributed by atoms with Crippen molar-refractivity contribution in [2.45, 2.75) is 51.7 Å². The fourth-order valence-electron chi connectivity index (χ4n) is 1.83. The number of hydrogen-bond donors (Lipinski definition) is 1. The summed E-state index contributed by atoms with van der Waals surface area (Å²) in [5, 5.41) is 9.54. The average molecular weight is 236 g/mol. The zero-order valence-electron chi connectivity index (χ0n) is 10.8. The van der Waals surface area contributed by atoms with Crippen LogP contribution in [0.5, 0.6) is 0 Å². The third-order valence-corrected chi connectivity index (χ3v) is 2.81. The lowest BCUT2D eigenvalue weighted by Crippen LogP contribution is -2.06. The normalized spacial score (nSPS) is 12.6. The van der Waals surface area contributed by atoms with E-state index in [1.165, 1.54) is 5.56 Å². The topological polar surface area (TPSA) is 29.5 Å². The molecule has 0 fully saturated rings. The third-order valence-electron chi connectivity index (χ3n) is 2.81. The van der Waals surface area contributed by atoms with Crippen molar-refractivity contribution in [3.63, 3.8) is 0 Å². The largest absolute Gasteiger partial charge is 0.393 e. The van der Waals surface area contributed by atoms with E-state index in [-0.39, 0.29) is 6.10 Å². The Labute approximate surface area is 105 Å². The fraction of sp³-hybridized carbons (Fsp3) is 0.600. The minimum Gasteiger partial charge on any atom is -0.393 e. The van der Waals surface area contributed by atoms with Crippen LogP contribution in [0.1, 0.15) is 44.6 Å². The molecule has 0 aliphatic heterocycles. The zero-order chi connectivity index (χ0) is 12.3. The highest BCUT2D eigenvalue weighted by atomic mass is 16.5. The van der Waals surface area contributed by atoms with Gasteiger partial charge in [0.25, 0.3) is 0 Å². The van der Waals surface area contributed by atoms with Crippen molar-refractivity contribution in [3.05, 3.63) is 35.9 Å². The third kappa shape index (κ3) is 7.14. The molecule has 96 valence electrons. The highest BCUT2D eigenvalue weighted by molar-refractivity contribution is 5.13. The number of hydrogen-bond acceptors (Lipinski definition) is 2. The van der Waals surface area contributed by atoms with Crippen LogP contribution in [-0.4, -0.2) is 17.8 Å². The first-order chi connectivity index (χ1) is 8.33. The maximum atomic E-state index is 9.54. The van der Waals surface area contributed by atoms with Crippen LogP contribution in [0.3, 0.4) is 0 Å². The van der Waals surface area contributed by atoms with E-state index < -0.39 is 0 Å². The Morgan fingerprint density at radius 1 is 1.12 bits per heavy atom. The second-order valence-corrected chi connectivity index (χ2v) is 4.48. The van der Waals surface area contributed by atoms with Gasteiger partial charge in [-0.2, -0.15) is 0 Å². The lowest BCUT2D eigenvalue weighted by Gasteiger charge is -2.08. The number of benzene rings is 1. The van der Waals surface area contributed by atoms with Crippen molar-refractivity contribution in [3.8, 4) is 0 Å². The first-order valence-electron chi connectivity index (χ1n) is 6.62. The molecule has 17 heavy (non-hydrogen) atoms. The Morgan fingerprint density at radius 3 is 2.59 bits per heavy atom. The molecule has 0 heterocycles. The summed E-state index contributed by atoms with van der Waals surface area (Å²) < 4.78 is 5.58. The first kappa shape index (κ1) is 14.2. The molecule has 0 amide bonds. The fourth-order valence-corrected chi connectivity index (χ4v) is 1.83. The van der Waals surface area contributed by atoms with Crippen molar-refractivity contribution in [2.24, 2.45) is 0 Å². The molecule has 0 unspecified atom stereocenters. The number of aliphatic hydroxyl groups excluding tert-OH is 1. The van der Waals surface area contributed by atoms with Crippen LogP contribution in [0.25, 0.3) is 0 Å². The van der Waals surface area contributed by atoms with E-state index in [9.17, 15) is 5.11 Å². The van der Waals surface area contributed by atoms with Gasteiger partial charge in [-0.05, 0) is 31.2 Å². The van der Waals surface area contributed by atoms with Gasteiger partial charge in [-0.25, -0.2) is 0 Å². The van der Waals surface area contributed by atoms with E-state index in [2.05, 4.69) is 19.1 Å². The van der Waals surface area contributed by atoms with Crippen molar-refractivity contribution < 1.29 is 9.84 Å². The highest BCUT2D eigenvalue weighted by Crippen LogP contribution is 2.07. The molecule has 1 rings (SSSR count). The number of ether oxygens (including phenoxy) is 1. The van der Waals surface area contributed by atoms with Crippen molar-refractivity contribution in [2.75, 3.05) is 6.61 Å². The minimum atomic E-state index is -0.117. The molecule has 0 aromatic heterocycles. The number of aliphatic hydroxyl groups is 1. The molecule has 2 heteroatoms. The molecule has 1 atom stereocenters.